The maximum Gasteiger partial charge on any atom is 0.243 e. The van der Waals surface area contributed by atoms with Crippen molar-refractivity contribution < 1.29 is 14.3 Å². The van der Waals surface area contributed by atoms with Crippen LogP contribution in [0, 0.1) is 5.92 Å². The van der Waals surface area contributed by atoms with E-state index in [9.17, 15) is 9.59 Å². The normalized spacial score (nSPS) is 14.9. The van der Waals surface area contributed by atoms with Gasteiger partial charge in [0.1, 0.15) is 5.75 Å². The Morgan fingerprint density at radius 3 is 2.54 bits per heavy atom. The molecule has 0 radical (unpaired) electrons. The smallest absolute Gasteiger partial charge is 0.243 e. The lowest BCUT2D eigenvalue weighted by molar-refractivity contribution is -0.124. The second-order valence-electron chi connectivity index (χ2n) is 6.01. The molecule has 0 aliphatic carbocycles. The number of piperidine rings is 1. The Morgan fingerprint density at radius 2 is 1.88 bits per heavy atom. The van der Waals surface area contributed by atoms with E-state index in [1.165, 1.54) is 0 Å². The second-order valence-corrected chi connectivity index (χ2v) is 6.01. The van der Waals surface area contributed by atoms with Gasteiger partial charge >= 0.3 is 0 Å². The molecule has 0 unspecified atom stereocenters. The van der Waals surface area contributed by atoms with E-state index in [-0.39, 0.29) is 18.4 Å². The summed E-state index contributed by atoms with van der Waals surface area (Å²) in [5.41, 5.74) is 0.687. The lowest BCUT2D eigenvalue weighted by atomic mass is 9.93. The van der Waals surface area contributed by atoms with Crippen molar-refractivity contribution in [2.45, 2.75) is 32.6 Å². The van der Waals surface area contributed by atoms with Gasteiger partial charge in [-0.3, -0.25) is 9.59 Å². The van der Waals surface area contributed by atoms with Gasteiger partial charge in [-0.2, -0.15) is 0 Å². The molecule has 1 aliphatic rings. The highest BCUT2D eigenvalue weighted by Gasteiger charge is 2.14. The molecule has 24 heavy (non-hydrogen) atoms. The number of hydrogen-bond donors (Lipinski definition) is 3. The van der Waals surface area contributed by atoms with Crippen molar-refractivity contribution >= 4 is 17.5 Å². The van der Waals surface area contributed by atoms with Crippen LogP contribution in [0.4, 0.5) is 5.69 Å². The van der Waals surface area contributed by atoms with E-state index < -0.39 is 0 Å². The fraction of sp³-hybridized carbons (Fsp3) is 0.556. The first kappa shape index (κ1) is 18.3. The average Bonchev–Trinajstić information content (AvgIpc) is 2.61. The molecule has 0 bridgehead atoms. The predicted molar refractivity (Wildman–Crippen MR) is 94.1 cm³/mol. The zero-order valence-electron chi connectivity index (χ0n) is 14.3. The third-order valence-corrected chi connectivity index (χ3v) is 4.13. The highest BCUT2D eigenvalue weighted by molar-refractivity contribution is 5.94. The van der Waals surface area contributed by atoms with Crippen LogP contribution in [0.25, 0.3) is 0 Å². The van der Waals surface area contributed by atoms with Gasteiger partial charge in [0.25, 0.3) is 0 Å². The summed E-state index contributed by atoms with van der Waals surface area (Å²) in [6, 6.07) is 7.16. The van der Waals surface area contributed by atoms with Gasteiger partial charge in [0.2, 0.25) is 11.8 Å². The van der Waals surface area contributed by atoms with Gasteiger partial charge in [-0.05, 0) is 69.5 Å². The summed E-state index contributed by atoms with van der Waals surface area (Å²) in [4.78, 5) is 23.7. The number of ether oxygens (including phenoxy) is 1. The van der Waals surface area contributed by atoms with E-state index in [0.717, 1.165) is 38.1 Å². The molecule has 2 rings (SSSR count). The Labute approximate surface area is 143 Å². The van der Waals surface area contributed by atoms with Crippen molar-refractivity contribution in [3.63, 3.8) is 0 Å². The minimum Gasteiger partial charge on any atom is -0.494 e. The molecule has 0 atom stereocenters. The summed E-state index contributed by atoms with van der Waals surface area (Å²) in [6.45, 7) is 4.60. The number of rotatable bonds is 8. The van der Waals surface area contributed by atoms with Gasteiger partial charge in [-0.1, -0.05) is 0 Å². The van der Waals surface area contributed by atoms with E-state index >= 15 is 0 Å². The van der Waals surface area contributed by atoms with Crippen LogP contribution in [0.5, 0.6) is 5.75 Å². The molecule has 3 N–H and O–H groups in total. The average molecular weight is 333 g/mol. The Kier molecular flexibility index (Phi) is 7.55. The summed E-state index contributed by atoms with van der Waals surface area (Å²) in [5, 5.41) is 8.75. The standard InChI is InChI=1S/C18H27N3O3/c1-2-24-16-6-4-15(5-7-16)21-18(23)13-20-17(22)8-3-14-9-11-19-12-10-14/h4-7,14,19H,2-3,8-13H2,1H3,(H,20,22)(H,21,23). The first-order chi connectivity index (χ1) is 11.7. The van der Waals surface area contributed by atoms with Crippen molar-refractivity contribution in [3.8, 4) is 5.75 Å². The summed E-state index contributed by atoms with van der Waals surface area (Å²) < 4.78 is 5.35. The van der Waals surface area contributed by atoms with Gasteiger partial charge in [0, 0.05) is 12.1 Å². The largest absolute Gasteiger partial charge is 0.494 e. The third-order valence-electron chi connectivity index (χ3n) is 4.13. The zero-order valence-corrected chi connectivity index (χ0v) is 14.3. The number of anilines is 1. The first-order valence-corrected chi connectivity index (χ1v) is 8.67. The highest BCUT2D eigenvalue weighted by Crippen LogP contribution is 2.17. The second kappa shape index (κ2) is 9.93. The fourth-order valence-electron chi connectivity index (χ4n) is 2.78. The van der Waals surface area contributed by atoms with Gasteiger partial charge < -0.3 is 20.7 Å². The van der Waals surface area contributed by atoms with E-state index in [0.29, 0.717) is 24.6 Å². The fourth-order valence-corrected chi connectivity index (χ4v) is 2.78. The number of benzene rings is 1. The van der Waals surface area contributed by atoms with Crippen LogP contribution in [0.2, 0.25) is 0 Å². The number of carbonyl (C=O) groups is 2. The molecule has 1 fully saturated rings. The van der Waals surface area contributed by atoms with Crippen LogP contribution in [0.1, 0.15) is 32.6 Å². The van der Waals surface area contributed by atoms with E-state index in [1.807, 2.05) is 6.92 Å². The Bertz CT molecular complexity index is 525. The van der Waals surface area contributed by atoms with E-state index in [2.05, 4.69) is 16.0 Å². The van der Waals surface area contributed by atoms with Crippen molar-refractivity contribution in [2.24, 2.45) is 5.92 Å². The van der Waals surface area contributed by atoms with Crippen molar-refractivity contribution in [1.82, 2.24) is 10.6 Å². The third kappa shape index (κ3) is 6.58. The van der Waals surface area contributed by atoms with Crippen LogP contribution >= 0.6 is 0 Å². The molecule has 1 aliphatic heterocycles. The Hall–Kier alpha value is -2.08. The molecule has 0 saturated carbocycles. The molecule has 1 heterocycles. The number of carbonyl (C=O) groups excluding carboxylic acids is 2. The van der Waals surface area contributed by atoms with Crippen LogP contribution in [-0.2, 0) is 9.59 Å². The first-order valence-electron chi connectivity index (χ1n) is 8.67. The lowest BCUT2D eigenvalue weighted by Crippen LogP contribution is -2.33. The number of nitrogens with one attached hydrogen (secondary N) is 3. The maximum atomic E-state index is 11.9. The molecular weight excluding hydrogens is 306 g/mol. The van der Waals surface area contributed by atoms with Crippen molar-refractivity contribution in [2.75, 3.05) is 31.6 Å². The van der Waals surface area contributed by atoms with Gasteiger partial charge in [0.15, 0.2) is 0 Å². The molecule has 1 aromatic rings. The minimum absolute atomic E-state index is 0.00172. The number of amides is 2. The predicted octanol–water partition coefficient (Wildman–Crippen LogP) is 1.92. The number of hydrogen-bond acceptors (Lipinski definition) is 4. The molecule has 0 spiro atoms. The van der Waals surface area contributed by atoms with Gasteiger partial charge in [0.05, 0.1) is 13.2 Å². The van der Waals surface area contributed by atoms with E-state index in [4.69, 9.17) is 4.74 Å². The van der Waals surface area contributed by atoms with Crippen molar-refractivity contribution in [3.05, 3.63) is 24.3 Å². The monoisotopic (exact) mass is 333 g/mol. The Morgan fingerprint density at radius 1 is 1.17 bits per heavy atom. The molecule has 2 amide bonds. The lowest BCUT2D eigenvalue weighted by Gasteiger charge is -2.22. The molecule has 0 aromatic heterocycles. The van der Waals surface area contributed by atoms with Gasteiger partial charge in [-0.25, -0.2) is 0 Å². The van der Waals surface area contributed by atoms with Crippen molar-refractivity contribution in [1.29, 1.82) is 0 Å². The summed E-state index contributed by atoms with van der Waals surface area (Å²) in [6.07, 6.45) is 3.64. The zero-order chi connectivity index (χ0) is 17.2. The summed E-state index contributed by atoms with van der Waals surface area (Å²) in [5.74, 6) is 1.10. The molecule has 132 valence electrons. The molecule has 6 nitrogen and oxygen atoms in total. The molecule has 6 heteroatoms. The molecule has 1 saturated heterocycles. The minimum atomic E-state index is -0.227. The van der Waals surface area contributed by atoms with Crippen LogP contribution in [0.3, 0.4) is 0 Å². The summed E-state index contributed by atoms with van der Waals surface area (Å²) >= 11 is 0. The van der Waals surface area contributed by atoms with Crippen LogP contribution in [0.15, 0.2) is 24.3 Å². The highest BCUT2D eigenvalue weighted by atomic mass is 16.5. The van der Waals surface area contributed by atoms with Crippen LogP contribution < -0.4 is 20.7 Å². The topological polar surface area (TPSA) is 79.5 Å². The SMILES string of the molecule is CCOc1ccc(NC(=O)CNC(=O)CCC2CCNCC2)cc1. The molecule has 1 aromatic carbocycles. The van der Waals surface area contributed by atoms with Crippen LogP contribution in [-0.4, -0.2) is 38.1 Å². The summed E-state index contributed by atoms with van der Waals surface area (Å²) in [7, 11) is 0. The van der Waals surface area contributed by atoms with E-state index in [1.54, 1.807) is 24.3 Å². The van der Waals surface area contributed by atoms with Gasteiger partial charge in [-0.15, -0.1) is 0 Å². The quantitative estimate of drug-likeness (QED) is 0.679. The maximum absolute atomic E-state index is 11.9. The molecular formula is C18H27N3O3. The Balaban J connectivity index is 1.63.